The predicted octanol–water partition coefficient (Wildman–Crippen LogP) is 0.788. The van der Waals surface area contributed by atoms with Gasteiger partial charge in [0.2, 0.25) is 5.91 Å². The van der Waals surface area contributed by atoms with Gasteiger partial charge in [0.15, 0.2) is 0 Å². The van der Waals surface area contributed by atoms with Gasteiger partial charge in [-0.2, -0.15) is 0 Å². The van der Waals surface area contributed by atoms with Gasteiger partial charge in [-0.3, -0.25) is 9.59 Å². The number of methoxy groups -OCH3 is 1. The Morgan fingerprint density at radius 1 is 1.44 bits per heavy atom. The van der Waals surface area contributed by atoms with Crippen molar-refractivity contribution in [2.75, 3.05) is 33.8 Å². The van der Waals surface area contributed by atoms with E-state index >= 15 is 0 Å². The zero-order valence-electron chi connectivity index (χ0n) is 11.6. The van der Waals surface area contributed by atoms with Crippen LogP contribution in [-0.4, -0.2) is 50.6 Å². The maximum Gasteiger partial charge on any atom is 0.305 e. The summed E-state index contributed by atoms with van der Waals surface area (Å²) >= 11 is 0. The molecule has 1 unspecified atom stereocenters. The zero-order chi connectivity index (χ0) is 13.6. The second-order valence-electron chi connectivity index (χ2n) is 5.25. The molecule has 1 aliphatic heterocycles. The van der Waals surface area contributed by atoms with Crippen LogP contribution in [0.4, 0.5) is 0 Å². The van der Waals surface area contributed by atoms with Crippen molar-refractivity contribution in [1.29, 1.82) is 0 Å². The molecule has 18 heavy (non-hydrogen) atoms. The Balaban J connectivity index is 2.38. The number of rotatable bonds is 5. The van der Waals surface area contributed by atoms with E-state index in [4.69, 9.17) is 0 Å². The first-order chi connectivity index (χ1) is 8.49. The number of amides is 1. The molecule has 0 aliphatic carbocycles. The summed E-state index contributed by atoms with van der Waals surface area (Å²) in [5.74, 6) is -0.0547. The summed E-state index contributed by atoms with van der Waals surface area (Å²) in [6, 6.07) is 0. The van der Waals surface area contributed by atoms with Crippen LogP contribution in [0, 0.1) is 5.41 Å². The third-order valence-electron chi connectivity index (χ3n) is 3.56. The summed E-state index contributed by atoms with van der Waals surface area (Å²) < 4.78 is 4.58. The molecule has 5 nitrogen and oxygen atoms in total. The maximum atomic E-state index is 12.3. The molecule has 0 spiro atoms. The Bertz CT molecular complexity index is 299. The Morgan fingerprint density at radius 3 is 2.72 bits per heavy atom. The quantitative estimate of drug-likeness (QED) is 0.739. The first kappa shape index (κ1) is 15.0. The van der Waals surface area contributed by atoms with Gasteiger partial charge in [0.05, 0.1) is 12.5 Å². The van der Waals surface area contributed by atoms with Crippen molar-refractivity contribution < 1.29 is 14.3 Å². The van der Waals surface area contributed by atoms with E-state index in [1.807, 2.05) is 6.92 Å². The third kappa shape index (κ3) is 3.98. The van der Waals surface area contributed by atoms with Crippen LogP contribution in [0.3, 0.4) is 0 Å². The van der Waals surface area contributed by atoms with E-state index in [-0.39, 0.29) is 17.3 Å². The summed E-state index contributed by atoms with van der Waals surface area (Å²) in [5.41, 5.74) is -0.293. The van der Waals surface area contributed by atoms with Crippen LogP contribution in [0.1, 0.15) is 32.6 Å². The minimum atomic E-state index is -0.293. The summed E-state index contributed by atoms with van der Waals surface area (Å²) in [6.07, 6.45) is 2.99. The van der Waals surface area contributed by atoms with Crippen molar-refractivity contribution in [1.82, 2.24) is 10.2 Å². The van der Waals surface area contributed by atoms with Crippen LogP contribution in [0.5, 0.6) is 0 Å². The normalized spacial score (nSPS) is 23.5. The second-order valence-corrected chi connectivity index (χ2v) is 5.25. The highest BCUT2D eigenvalue weighted by Crippen LogP contribution is 2.27. The van der Waals surface area contributed by atoms with Gasteiger partial charge < -0.3 is 15.0 Å². The number of ether oxygens (including phenoxy) is 1. The molecule has 1 rings (SSSR count). The molecule has 1 aliphatic rings. The molecule has 0 saturated carbocycles. The Labute approximate surface area is 109 Å². The summed E-state index contributed by atoms with van der Waals surface area (Å²) in [5, 5.41) is 3.27. The lowest BCUT2D eigenvalue weighted by Gasteiger charge is -2.36. The summed E-state index contributed by atoms with van der Waals surface area (Å²) in [4.78, 5) is 25.1. The maximum absolute atomic E-state index is 12.3. The lowest BCUT2D eigenvalue weighted by molar-refractivity contribution is -0.143. The average molecular weight is 256 g/mol. The molecule has 0 aromatic carbocycles. The van der Waals surface area contributed by atoms with E-state index in [9.17, 15) is 9.59 Å². The molecule has 1 fully saturated rings. The van der Waals surface area contributed by atoms with Crippen LogP contribution in [0.25, 0.3) is 0 Å². The number of hydrogen-bond donors (Lipinski definition) is 1. The fourth-order valence-electron chi connectivity index (χ4n) is 2.36. The van der Waals surface area contributed by atoms with E-state index in [0.29, 0.717) is 19.4 Å². The van der Waals surface area contributed by atoms with E-state index in [2.05, 4.69) is 10.1 Å². The fourth-order valence-corrected chi connectivity index (χ4v) is 2.36. The molecule has 5 heteroatoms. The molecule has 0 aromatic rings. The number of esters is 1. The minimum Gasteiger partial charge on any atom is -0.469 e. The van der Waals surface area contributed by atoms with Gasteiger partial charge >= 0.3 is 5.97 Å². The van der Waals surface area contributed by atoms with Crippen LogP contribution < -0.4 is 5.32 Å². The van der Waals surface area contributed by atoms with E-state index < -0.39 is 0 Å². The van der Waals surface area contributed by atoms with Crippen LogP contribution in [0.2, 0.25) is 0 Å². The highest BCUT2D eigenvalue weighted by molar-refractivity contribution is 5.82. The summed E-state index contributed by atoms with van der Waals surface area (Å²) in [7, 11) is 3.19. The van der Waals surface area contributed by atoms with Crippen molar-refractivity contribution in [3.05, 3.63) is 0 Å². The van der Waals surface area contributed by atoms with Crippen molar-refractivity contribution >= 4 is 11.9 Å². The Morgan fingerprint density at radius 2 is 2.17 bits per heavy atom. The largest absolute Gasteiger partial charge is 0.469 e. The molecular weight excluding hydrogens is 232 g/mol. The molecule has 1 N–H and O–H groups in total. The lowest BCUT2D eigenvalue weighted by atomic mass is 9.81. The van der Waals surface area contributed by atoms with Gasteiger partial charge in [0.1, 0.15) is 0 Å². The standard InChI is InChI=1S/C13H24N2O3/c1-13(7-5-8-14-10-13)12(17)15(2)9-4-6-11(16)18-3/h14H,4-10H2,1-3H3. The van der Waals surface area contributed by atoms with Crippen molar-refractivity contribution in [2.24, 2.45) is 5.41 Å². The van der Waals surface area contributed by atoms with Gasteiger partial charge in [0.25, 0.3) is 0 Å². The topological polar surface area (TPSA) is 58.6 Å². The fraction of sp³-hybridized carbons (Fsp3) is 0.846. The molecule has 0 aromatic heterocycles. The zero-order valence-corrected chi connectivity index (χ0v) is 11.6. The van der Waals surface area contributed by atoms with Crippen molar-refractivity contribution in [3.8, 4) is 0 Å². The molecule has 104 valence electrons. The van der Waals surface area contributed by atoms with Gasteiger partial charge in [-0.15, -0.1) is 0 Å². The average Bonchev–Trinajstić information content (AvgIpc) is 2.38. The van der Waals surface area contributed by atoms with Gasteiger partial charge in [-0.25, -0.2) is 0 Å². The van der Waals surface area contributed by atoms with Gasteiger partial charge in [-0.05, 0) is 32.7 Å². The smallest absolute Gasteiger partial charge is 0.305 e. The molecule has 0 radical (unpaired) electrons. The predicted molar refractivity (Wildman–Crippen MR) is 69.1 cm³/mol. The highest BCUT2D eigenvalue weighted by Gasteiger charge is 2.36. The minimum absolute atomic E-state index is 0.166. The molecule has 1 atom stereocenters. The number of hydrogen-bond acceptors (Lipinski definition) is 4. The number of carbonyl (C=O) groups excluding carboxylic acids is 2. The Kier molecular flexibility index (Phi) is 5.59. The van der Waals surface area contributed by atoms with Crippen LogP contribution in [-0.2, 0) is 14.3 Å². The second kappa shape index (κ2) is 6.73. The molecule has 1 heterocycles. The number of nitrogens with one attached hydrogen (secondary N) is 1. The first-order valence-electron chi connectivity index (χ1n) is 6.53. The van der Waals surface area contributed by atoms with Gasteiger partial charge in [0, 0.05) is 26.6 Å². The lowest BCUT2D eigenvalue weighted by Crippen LogP contribution is -2.49. The van der Waals surface area contributed by atoms with E-state index in [0.717, 1.165) is 25.9 Å². The monoisotopic (exact) mass is 256 g/mol. The van der Waals surface area contributed by atoms with E-state index in [1.54, 1.807) is 11.9 Å². The van der Waals surface area contributed by atoms with Crippen LogP contribution in [0.15, 0.2) is 0 Å². The van der Waals surface area contributed by atoms with Crippen molar-refractivity contribution in [2.45, 2.75) is 32.6 Å². The SMILES string of the molecule is COC(=O)CCCN(C)C(=O)C1(C)CCCNC1. The molecule has 1 saturated heterocycles. The van der Waals surface area contributed by atoms with Gasteiger partial charge in [-0.1, -0.05) is 0 Å². The Hall–Kier alpha value is -1.10. The van der Waals surface area contributed by atoms with Crippen LogP contribution >= 0.6 is 0 Å². The third-order valence-corrected chi connectivity index (χ3v) is 3.56. The number of nitrogens with zero attached hydrogens (tertiary/aromatic N) is 1. The summed E-state index contributed by atoms with van der Waals surface area (Å²) in [6.45, 7) is 4.35. The van der Waals surface area contributed by atoms with E-state index in [1.165, 1.54) is 7.11 Å². The van der Waals surface area contributed by atoms with Crippen molar-refractivity contribution in [3.63, 3.8) is 0 Å². The first-order valence-corrected chi connectivity index (χ1v) is 6.53. The number of carbonyl (C=O) groups is 2. The molecule has 0 bridgehead atoms. The highest BCUT2D eigenvalue weighted by atomic mass is 16.5. The number of piperidine rings is 1. The molecule has 1 amide bonds. The molecular formula is C13H24N2O3.